The van der Waals surface area contributed by atoms with Crippen LogP contribution in [0.15, 0.2) is 52.1 Å². The molecule has 136 valence electrons. The SMILES string of the molecule is CNS(=O)(=O)c1ccc(C(=O)N2CCC(n3ncc4ccccc43)C2)o1. The number of nitrogens with one attached hydrogen (secondary N) is 1. The lowest BCUT2D eigenvalue weighted by atomic mass is 10.2. The van der Waals surface area contributed by atoms with Gasteiger partial charge in [-0.2, -0.15) is 5.10 Å². The van der Waals surface area contributed by atoms with Gasteiger partial charge in [0, 0.05) is 18.5 Å². The standard InChI is InChI=1S/C17H18N4O4S/c1-18-26(23,24)16-7-6-15(25-16)17(22)20-9-8-13(11-20)21-14-5-3-2-4-12(14)10-19-21/h2-7,10,13,18H,8-9,11H2,1H3. The molecule has 3 aromatic rings. The molecule has 1 atom stereocenters. The van der Waals surface area contributed by atoms with E-state index in [1.165, 1.54) is 19.2 Å². The molecular weight excluding hydrogens is 356 g/mol. The van der Waals surface area contributed by atoms with E-state index in [1.54, 1.807) is 4.90 Å². The minimum Gasteiger partial charge on any atom is -0.438 e. The molecule has 0 spiro atoms. The Kier molecular flexibility index (Phi) is 4.04. The third kappa shape index (κ3) is 2.78. The number of rotatable bonds is 4. The van der Waals surface area contributed by atoms with Gasteiger partial charge < -0.3 is 9.32 Å². The Morgan fingerprint density at radius 2 is 2.08 bits per heavy atom. The second-order valence-electron chi connectivity index (χ2n) is 6.17. The molecule has 0 saturated carbocycles. The zero-order valence-corrected chi connectivity index (χ0v) is 14.9. The molecule has 1 aromatic carbocycles. The number of fused-ring (bicyclic) bond motifs is 1. The van der Waals surface area contributed by atoms with Crippen LogP contribution in [-0.4, -0.2) is 49.1 Å². The van der Waals surface area contributed by atoms with Crippen molar-refractivity contribution in [1.29, 1.82) is 0 Å². The van der Waals surface area contributed by atoms with Crippen molar-refractivity contribution >= 4 is 26.8 Å². The Morgan fingerprint density at radius 3 is 2.88 bits per heavy atom. The average Bonchev–Trinajstić information content (AvgIpc) is 3.38. The van der Waals surface area contributed by atoms with Gasteiger partial charge in [0.15, 0.2) is 5.76 Å². The van der Waals surface area contributed by atoms with Gasteiger partial charge in [0.25, 0.3) is 15.9 Å². The highest BCUT2D eigenvalue weighted by Crippen LogP contribution is 2.27. The van der Waals surface area contributed by atoms with Crippen LogP contribution >= 0.6 is 0 Å². The maximum absolute atomic E-state index is 12.6. The Bertz CT molecular complexity index is 1070. The zero-order chi connectivity index (χ0) is 18.3. The lowest BCUT2D eigenvalue weighted by molar-refractivity contribution is 0.0750. The van der Waals surface area contributed by atoms with Crippen molar-refractivity contribution in [3.05, 3.63) is 48.4 Å². The summed E-state index contributed by atoms with van der Waals surface area (Å²) < 4.78 is 32.9. The zero-order valence-electron chi connectivity index (χ0n) is 14.1. The normalized spacial score (nSPS) is 17.9. The number of amides is 1. The number of sulfonamides is 1. The van der Waals surface area contributed by atoms with Gasteiger partial charge in [-0.1, -0.05) is 18.2 Å². The Balaban J connectivity index is 1.53. The molecule has 9 heteroatoms. The van der Waals surface area contributed by atoms with Crippen LogP contribution in [0, 0.1) is 0 Å². The minimum absolute atomic E-state index is 0.0183. The first-order valence-corrected chi connectivity index (χ1v) is 9.73. The van der Waals surface area contributed by atoms with E-state index in [2.05, 4.69) is 9.82 Å². The van der Waals surface area contributed by atoms with E-state index in [9.17, 15) is 13.2 Å². The number of furan rings is 1. The predicted molar refractivity (Wildman–Crippen MR) is 94.2 cm³/mol. The summed E-state index contributed by atoms with van der Waals surface area (Å²) in [6.07, 6.45) is 2.60. The monoisotopic (exact) mass is 374 g/mol. The summed E-state index contributed by atoms with van der Waals surface area (Å²) in [5, 5.41) is 5.25. The molecule has 2 aromatic heterocycles. The topological polar surface area (TPSA) is 97.4 Å². The van der Waals surface area contributed by atoms with Gasteiger partial charge in [-0.3, -0.25) is 9.48 Å². The molecular formula is C17H18N4O4S. The number of carbonyl (C=O) groups excluding carboxylic acids is 1. The lowest BCUT2D eigenvalue weighted by Crippen LogP contribution is -2.29. The second kappa shape index (κ2) is 6.26. The summed E-state index contributed by atoms with van der Waals surface area (Å²) in [7, 11) is -2.42. The largest absolute Gasteiger partial charge is 0.438 e. The van der Waals surface area contributed by atoms with Crippen molar-refractivity contribution in [1.82, 2.24) is 19.4 Å². The van der Waals surface area contributed by atoms with E-state index in [4.69, 9.17) is 4.42 Å². The first kappa shape index (κ1) is 16.8. The fourth-order valence-corrected chi connectivity index (χ4v) is 3.89. The van der Waals surface area contributed by atoms with E-state index in [0.717, 1.165) is 17.3 Å². The van der Waals surface area contributed by atoms with Crippen LogP contribution < -0.4 is 4.72 Å². The molecule has 4 rings (SSSR count). The smallest absolute Gasteiger partial charge is 0.289 e. The van der Waals surface area contributed by atoms with Crippen molar-refractivity contribution in [3.8, 4) is 0 Å². The first-order valence-electron chi connectivity index (χ1n) is 8.24. The van der Waals surface area contributed by atoms with Crippen LogP contribution in [0.4, 0.5) is 0 Å². The molecule has 1 unspecified atom stereocenters. The molecule has 3 heterocycles. The van der Waals surface area contributed by atoms with Gasteiger partial charge in [0.2, 0.25) is 5.09 Å². The Morgan fingerprint density at radius 1 is 1.27 bits per heavy atom. The fourth-order valence-electron chi connectivity index (χ4n) is 3.24. The van der Waals surface area contributed by atoms with Gasteiger partial charge >= 0.3 is 0 Å². The van der Waals surface area contributed by atoms with Crippen LogP contribution in [-0.2, 0) is 10.0 Å². The van der Waals surface area contributed by atoms with Crippen LogP contribution in [0.25, 0.3) is 10.9 Å². The number of likely N-dealkylation sites (tertiary alicyclic amines) is 1. The minimum atomic E-state index is -3.71. The summed E-state index contributed by atoms with van der Waals surface area (Å²) in [5.74, 6) is -0.300. The summed E-state index contributed by atoms with van der Waals surface area (Å²) in [4.78, 5) is 14.3. The summed E-state index contributed by atoms with van der Waals surface area (Å²) >= 11 is 0. The highest BCUT2D eigenvalue weighted by molar-refractivity contribution is 7.89. The maximum atomic E-state index is 12.6. The van der Waals surface area contributed by atoms with E-state index >= 15 is 0 Å². The summed E-state index contributed by atoms with van der Waals surface area (Å²) in [6.45, 7) is 1.06. The summed E-state index contributed by atoms with van der Waals surface area (Å²) in [5.41, 5.74) is 1.03. The third-order valence-corrected chi connectivity index (χ3v) is 5.91. The van der Waals surface area contributed by atoms with Crippen LogP contribution in [0.1, 0.15) is 23.0 Å². The van der Waals surface area contributed by atoms with Crippen molar-refractivity contribution < 1.29 is 17.6 Å². The molecule has 0 radical (unpaired) electrons. The third-order valence-electron chi connectivity index (χ3n) is 4.63. The quantitative estimate of drug-likeness (QED) is 0.748. The first-order chi connectivity index (χ1) is 12.5. The van der Waals surface area contributed by atoms with Gasteiger partial charge in [-0.05, 0) is 31.7 Å². The molecule has 1 N–H and O–H groups in total. The molecule has 1 amide bonds. The number of aromatic nitrogens is 2. The Hall–Kier alpha value is -2.65. The van der Waals surface area contributed by atoms with Crippen molar-refractivity contribution in [3.63, 3.8) is 0 Å². The van der Waals surface area contributed by atoms with Crippen molar-refractivity contribution in [2.24, 2.45) is 0 Å². The molecule has 0 aliphatic carbocycles. The highest BCUT2D eigenvalue weighted by Gasteiger charge is 2.31. The number of hydrogen-bond donors (Lipinski definition) is 1. The molecule has 1 aliphatic heterocycles. The summed E-state index contributed by atoms with van der Waals surface area (Å²) in [6, 6.07) is 10.7. The van der Waals surface area contributed by atoms with Crippen molar-refractivity contribution in [2.45, 2.75) is 17.6 Å². The number of benzene rings is 1. The number of hydrogen-bond acceptors (Lipinski definition) is 5. The van der Waals surface area contributed by atoms with E-state index in [1.807, 2.05) is 35.1 Å². The fraction of sp³-hybridized carbons (Fsp3) is 0.294. The van der Waals surface area contributed by atoms with E-state index in [-0.39, 0.29) is 22.8 Å². The van der Waals surface area contributed by atoms with E-state index in [0.29, 0.717) is 13.1 Å². The lowest BCUT2D eigenvalue weighted by Gasteiger charge is -2.16. The number of para-hydroxylation sites is 1. The van der Waals surface area contributed by atoms with Crippen LogP contribution in [0.3, 0.4) is 0 Å². The predicted octanol–water partition coefficient (Wildman–Crippen LogP) is 1.62. The van der Waals surface area contributed by atoms with Gasteiger partial charge in [-0.15, -0.1) is 0 Å². The second-order valence-corrected chi connectivity index (χ2v) is 7.99. The van der Waals surface area contributed by atoms with Crippen molar-refractivity contribution in [2.75, 3.05) is 20.1 Å². The molecule has 1 fully saturated rings. The highest BCUT2D eigenvalue weighted by atomic mass is 32.2. The molecule has 8 nitrogen and oxygen atoms in total. The molecule has 26 heavy (non-hydrogen) atoms. The Labute approximate surface area is 150 Å². The van der Waals surface area contributed by atoms with E-state index < -0.39 is 10.0 Å². The average molecular weight is 374 g/mol. The number of nitrogens with zero attached hydrogens (tertiary/aromatic N) is 3. The maximum Gasteiger partial charge on any atom is 0.289 e. The van der Waals surface area contributed by atoms with Crippen LogP contribution in [0.2, 0.25) is 0 Å². The number of carbonyl (C=O) groups is 1. The van der Waals surface area contributed by atoms with Gasteiger partial charge in [0.1, 0.15) is 0 Å². The molecule has 0 bridgehead atoms. The molecule has 1 saturated heterocycles. The van der Waals surface area contributed by atoms with Gasteiger partial charge in [0.05, 0.1) is 17.8 Å². The molecule has 1 aliphatic rings. The van der Waals surface area contributed by atoms with Gasteiger partial charge in [-0.25, -0.2) is 13.1 Å². The van der Waals surface area contributed by atoms with Crippen LogP contribution in [0.5, 0.6) is 0 Å².